The molecule has 1 aromatic carbocycles. The first-order valence-electron chi connectivity index (χ1n) is 4.61. The Hall–Kier alpha value is -1.88. The maximum atomic E-state index is 13.0. The highest BCUT2D eigenvalue weighted by atomic mass is 35.5. The van der Waals surface area contributed by atoms with Crippen molar-refractivity contribution in [2.45, 2.75) is 0 Å². The van der Waals surface area contributed by atoms with Crippen LogP contribution in [0.1, 0.15) is 0 Å². The number of nitrogens with zero attached hydrogens (tertiary/aromatic N) is 1. The highest BCUT2D eigenvalue weighted by molar-refractivity contribution is 6.32. The zero-order valence-corrected chi connectivity index (χ0v) is 9.21. The lowest BCUT2D eigenvalue weighted by Gasteiger charge is -2.07. The van der Waals surface area contributed by atoms with Crippen molar-refractivity contribution in [3.63, 3.8) is 0 Å². The van der Waals surface area contributed by atoms with Gasteiger partial charge in [-0.25, -0.2) is 4.39 Å². The number of rotatable bonds is 2. The van der Waals surface area contributed by atoms with Crippen LogP contribution in [0.4, 0.5) is 14.5 Å². The minimum atomic E-state index is -0.686. The molecular formula is C11H7ClF2N2O. The van der Waals surface area contributed by atoms with Crippen molar-refractivity contribution in [3.8, 4) is 11.6 Å². The number of pyridine rings is 1. The van der Waals surface area contributed by atoms with Crippen molar-refractivity contribution in [2.24, 2.45) is 0 Å². The van der Waals surface area contributed by atoms with Gasteiger partial charge in [0, 0.05) is 12.1 Å². The smallest absolute Gasteiger partial charge is 0.221 e. The number of nitrogen functional groups attached to an aromatic ring is 1. The van der Waals surface area contributed by atoms with E-state index < -0.39 is 11.8 Å². The summed E-state index contributed by atoms with van der Waals surface area (Å²) >= 11 is 5.75. The molecule has 6 heteroatoms. The minimum absolute atomic E-state index is 0.0120. The number of aromatic nitrogens is 1. The predicted octanol–water partition coefficient (Wildman–Crippen LogP) is 3.39. The molecule has 0 fully saturated rings. The van der Waals surface area contributed by atoms with Crippen LogP contribution < -0.4 is 10.5 Å². The Balaban J connectivity index is 2.33. The topological polar surface area (TPSA) is 48.1 Å². The second-order valence-electron chi connectivity index (χ2n) is 3.20. The average molecular weight is 257 g/mol. The van der Waals surface area contributed by atoms with Crippen LogP contribution in [0, 0.1) is 11.8 Å². The second-order valence-corrected chi connectivity index (χ2v) is 3.61. The SMILES string of the molecule is Nc1cc(Oc2cccc(F)n2)c(Cl)cc1F. The maximum Gasteiger partial charge on any atom is 0.221 e. The van der Waals surface area contributed by atoms with E-state index in [-0.39, 0.29) is 22.3 Å². The molecule has 0 radical (unpaired) electrons. The summed E-state index contributed by atoms with van der Waals surface area (Å²) in [6.45, 7) is 0. The zero-order valence-electron chi connectivity index (χ0n) is 8.45. The molecule has 0 aliphatic rings. The Morgan fingerprint density at radius 3 is 2.71 bits per heavy atom. The van der Waals surface area contributed by atoms with Gasteiger partial charge in [-0.15, -0.1) is 0 Å². The van der Waals surface area contributed by atoms with Gasteiger partial charge in [-0.05, 0) is 12.1 Å². The molecule has 3 nitrogen and oxygen atoms in total. The van der Waals surface area contributed by atoms with E-state index in [1.54, 1.807) is 0 Å². The van der Waals surface area contributed by atoms with Crippen LogP contribution in [-0.4, -0.2) is 4.98 Å². The molecule has 2 N–H and O–H groups in total. The molecule has 0 saturated carbocycles. The summed E-state index contributed by atoms with van der Waals surface area (Å²) < 4.78 is 31.0. The number of nitrogens with two attached hydrogens (primary N) is 1. The minimum Gasteiger partial charge on any atom is -0.437 e. The first-order valence-corrected chi connectivity index (χ1v) is 4.99. The lowest BCUT2D eigenvalue weighted by atomic mass is 10.3. The van der Waals surface area contributed by atoms with Crippen LogP contribution in [0.25, 0.3) is 0 Å². The van der Waals surface area contributed by atoms with Crippen molar-refractivity contribution < 1.29 is 13.5 Å². The highest BCUT2D eigenvalue weighted by Crippen LogP contribution is 2.31. The normalized spacial score (nSPS) is 10.3. The maximum absolute atomic E-state index is 13.0. The average Bonchev–Trinajstić information content (AvgIpc) is 2.26. The van der Waals surface area contributed by atoms with Crippen molar-refractivity contribution in [2.75, 3.05) is 5.73 Å². The number of halogens is 3. The van der Waals surface area contributed by atoms with Gasteiger partial charge in [0.2, 0.25) is 11.8 Å². The fraction of sp³-hybridized carbons (Fsp3) is 0. The molecule has 1 heterocycles. The summed E-state index contributed by atoms with van der Waals surface area (Å²) in [5, 5.41) is 0.0303. The highest BCUT2D eigenvalue weighted by Gasteiger charge is 2.09. The van der Waals surface area contributed by atoms with Crippen molar-refractivity contribution in [1.82, 2.24) is 4.98 Å². The number of hydrogen-bond donors (Lipinski definition) is 1. The molecule has 0 unspecified atom stereocenters. The number of anilines is 1. The molecule has 0 bridgehead atoms. The molecule has 0 spiro atoms. The van der Waals surface area contributed by atoms with E-state index in [9.17, 15) is 8.78 Å². The van der Waals surface area contributed by atoms with Gasteiger partial charge in [0.1, 0.15) is 11.6 Å². The third kappa shape index (κ3) is 2.62. The van der Waals surface area contributed by atoms with Crippen LogP contribution in [0.5, 0.6) is 11.6 Å². The molecule has 0 atom stereocenters. The Labute approximate surface area is 101 Å². The number of hydrogen-bond acceptors (Lipinski definition) is 3. The Morgan fingerprint density at radius 2 is 2.00 bits per heavy atom. The molecule has 1 aromatic heterocycles. The number of benzene rings is 1. The van der Waals surface area contributed by atoms with Gasteiger partial charge < -0.3 is 10.5 Å². The lowest BCUT2D eigenvalue weighted by molar-refractivity contribution is 0.444. The van der Waals surface area contributed by atoms with Crippen LogP contribution in [-0.2, 0) is 0 Å². The summed E-state index contributed by atoms with van der Waals surface area (Å²) in [7, 11) is 0. The number of ether oxygens (including phenoxy) is 1. The molecule has 17 heavy (non-hydrogen) atoms. The Kier molecular flexibility index (Phi) is 3.10. The van der Waals surface area contributed by atoms with Gasteiger partial charge >= 0.3 is 0 Å². The molecular weight excluding hydrogens is 250 g/mol. The zero-order chi connectivity index (χ0) is 12.4. The van der Waals surface area contributed by atoms with E-state index >= 15 is 0 Å². The fourth-order valence-corrected chi connectivity index (χ4v) is 1.37. The lowest BCUT2D eigenvalue weighted by Crippen LogP contribution is -1.95. The quantitative estimate of drug-likeness (QED) is 0.662. The van der Waals surface area contributed by atoms with Crippen LogP contribution in [0.2, 0.25) is 5.02 Å². The van der Waals surface area contributed by atoms with Gasteiger partial charge in [0.05, 0.1) is 10.7 Å². The van der Waals surface area contributed by atoms with Crippen molar-refractivity contribution in [3.05, 3.63) is 47.1 Å². The fourth-order valence-electron chi connectivity index (χ4n) is 1.18. The van der Waals surface area contributed by atoms with Crippen molar-refractivity contribution >= 4 is 17.3 Å². The molecule has 0 aliphatic heterocycles. The van der Waals surface area contributed by atoms with Crippen LogP contribution in [0.3, 0.4) is 0 Å². The van der Waals surface area contributed by atoms with Gasteiger partial charge in [0.15, 0.2) is 0 Å². The summed E-state index contributed by atoms with van der Waals surface area (Å²) in [6, 6.07) is 6.28. The largest absolute Gasteiger partial charge is 0.437 e. The third-order valence-electron chi connectivity index (χ3n) is 1.96. The molecule has 0 aliphatic carbocycles. The van der Waals surface area contributed by atoms with E-state index in [4.69, 9.17) is 22.1 Å². The van der Waals surface area contributed by atoms with E-state index in [2.05, 4.69) is 4.98 Å². The summed E-state index contributed by atoms with van der Waals surface area (Å²) in [6.07, 6.45) is 0. The predicted molar refractivity (Wildman–Crippen MR) is 60.1 cm³/mol. The van der Waals surface area contributed by atoms with E-state index in [1.807, 2.05) is 0 Å². The van der Waals surface area contributed by atoms with Gasteiger partial charge in [-0.1, -0.05) is 17.7 Å². The molecule has 0 saturated heterocycles. The van der Waals surface area contributed by atoms with E-state index in [0.29, 0.717) is 0 Å². The monoisotopic (exact) mass is 256 g/mol. The van der Waals surface area contributed by atoms with Crippen LogP contribution in [0.15, 0.2) is 30.3 Å². The second kappa shape index (κ2) is 4.55. The first-order chi connectivity index (χ1) is 8.06. The van der Waals surface area contributed by atoms with Gasteiger partial charge in [-0.2, -0.15) is 9.37 Å². The third-order valence-corrected chi connectivity index (χ3v) is 2.25. The van der Waals surface area contributed by atoms with Gasteiger partial charge in [0.25, 0.3) is 0 Å². The molecule has 2 aromatic rings. The first kappa shape index (κ1) is 11.6. The molecule has 0 amide bonds. The Bertz CT molecular complexity index is 563. The molecule has 2 rings (SSSR count). The summed E-state index contributed by atoms with van der Waals surface area (Å²) in [5.74, 6) is -1.20. The van der Waals surface area contributed by atoms with Crippen molar-refractivity contribution in [1.29, 1.82) is 0 Å². The molecule has 88 valence electrons. The standard InChI is InChI=1S/C11H7ClF2N2O/c12-6-4-7(13)8(15)5-9(6)17-11-3-1-2-10(14)16-11/h1-5H,15H2. The van der Waals surface area contributed by atoms with E-state index in [1.165, 1.54) is 24.3 Å². The summed E-state index contributed by atoms with van der Waals surface area (Å²) in [5.41, 5.74) is 5.25. The van der Waals surface area contributed by atoms with Gasteiger partial charge in [-0.3, -0.25) is 0 Å². The summed E-state index contributed by atoms with van der Waals surface area (Å²) in [4.78, 5) is 3.48. The van der Waals surface area contributed by atoms with Crippen LogP contribution >= 0.6 is 11.6 Å². The van der Waals surface area contributed by atoms with E-state index in [0.717, 1.165) is 6.07 Å². The Morgan fingerprint density at radius 1 is 1.24 bits per heavy atom.